The SMILES string of the molecule is COc1ccc(F)cc1[C@@]1(O)c2ccc3[nH]c(CN=[N+]=[N-])c(OC)c(=O)c3c2[C@@H]2CC[C@H]1O2. The lowest BCUT2D eigenvalue weighted by Crippen LogP contribution is -2.44. The van der Waals surface area contributed by atoms with Crippen LogP contribution in [0.25, 0.3) is 21.3 Å². The Morgan fingerprint density at radius 2 is 2.09 bits per heavy atom. The lowest BCUT2D eigenvalue weighted by Gasteiger charge is -2.41. The molecular formula is C23H21FN4O5. The summed E-state index contributed by atoms with van der Waals surface area (Å²) in [6, 6.07) is 7.35. The van der Waals surface area contributed by atoms with E-state index in [2.05, 4.69) is 15.0 Å². The number of hydrogen-bond donors (Lipinski definition) is 2. The number of H-pyrrole nitrogens is 1. The first-order chi connectivity index (χ1) is 15.9. The van der Waals surface area contributed by atoms with Crippen LogP contribution in [0.3, 0.4) is 0 Å². The number of halogens is 1. The van der Waals surface area contributed by atoms with Crippen molar-refractivity contribution in [3.05, 3.63) is 79.2 Å². The van der Waals surface area contributed by atoms with E-state index in [0.717, 1.165) is 0 Å². The number of nitrogens with one attached hydrogen (secondary N) is 1. The van der Waals surface area contributed by atoms with E-state index in [0.29, 0.717) is 46.3 Å². The van der Waals surface area contributed by atoms with Crippen molar-refractivity contribution < 1.29 is 23.7 Å². The summed E-state index contributed by atoms with van der Waals surface area (Å²) < 4.78 is 31.2. The first-order valence-electron chi connectivity index (χ1n) is 10.4. The van der Waals surface area contributed by atoms with Gasteiger partial charge in [0.05, 0.1) is 49.6 Å². The second kappa shape index (κ2) is 7.77. The molecule has 0 aliphatic carbocycles. The zero-order chi connectivity index (χ0) is 23.3. The van der Waals surface area contributed by atoms with Gasteiger partial charge in [0.15, 0.2) is 5.75 Å². The third-order valence-electron chi connectivity index (χ3n) is 6.52. The van der Waals surface area contributed by atoms with E-state index in [1.165, 1.54) is 32.4 Å². The van der Waals surface area contributed by atoms with Gasteiger partial charge in [0.25, 0.3) is 0 Å². The molecule has 0 amide bonds. The quantitative estimate of drug-likeness (QED) is 0.344. The zero-order valence-corrected chi connectivity index (χ0v) is 18.0. The van der Waals surface area contributed by atoms with Gasteiger partial charge in [0.1, 0.15) is 17.2 Å². The van der Waals surface area contributed by atoms with Crippen molar-refractivity contribution in [1.82, 2.24) is 4.98 Å². The maximum absolute atomic E-state index is 14.3. The Balaban J connectivity index is 1.84. The Kier molecular flexibility index (Phi) is 5.01. The number of nitrogens with zero attached hydrogens (tertiary/aromatic N) is 3. The van der Waals surface area contributed by atoms with Crippen LogP contribution >= 0.6 is 0 Å². The molecule has 2 N–H and O–H groups in total. The fraction of sp³-hybridized carbons (Fsp3) is 0.348. The van der Waals surface area contributed by atoms with Gasteiger partial charge in [0, 0.05) is 16.0 Å². The topological polar surface area (TPSA) is 130 Å². The minimum atomic E-state index is -1.73. The fourth-order valence-electron chi connectivity index (χ4n) is 5.16. The third-order valence-corrected chi connectivity index (χ3v) is 6.52. The van der Waals surface area contributed by atoms with Gasteiger partial charge in [-0.15, -0.1) is 0 Å². The molecule has 0 unspecified atom stereocenters. The van der Waals surface area contributed by atoms with Crippen molar-refractivity contribution in [3.63, 3.8) is 0 Å². The Hall–Kier alpha value is -3.59. The first-order valence-corrected chi connectivity index (χ1v) is 10.4. The van der Waals surface area contributed by atoms with Gasteiger partial charge in [0.2, 0.25) is 5.43 Å². The van der Waals surface area contributed by atoms with Crippen LogP contribution in [0.15, 0.2) is 40.2 Å². The minimum absolute atomic E-state index is 0.0234. The molecule has 2 aromatic carbocycles. The Labute approximate surface area is 187 Å². The first kappa shape index (κ1) is 21.3. The van der Waals surface area contributed by atoms with Gasteiger partial charge >= 0.3 is 0 Å². The molecule has 170 valence electrons. The summed E-state index contributed by atoms with van der Waals surface area (Å²) in [5, 5.41) is 15.9. The molecule has 0 spiro atoms. The van der Waals surface area contributed by atoms with Crippen LogP contribution in [-0.4, -0.2) is 30.4 Å². The Morgan fingerprint density at radius 3 is 2.82 bits per heavy atom. The average Bonchev–Trinajstić information content (AvgIpc) is 3.28. The smallest absolute Gasteiger partial charge is 0.231 e. The molecular weight excluding hydrogens is 431 g/mol. The molecule has 1 fully saturated rings. The highest BCUT2D eigenvalue weighted by atomic mass is 19.1. The number of pyridine rings is 1. The molecule has 3 heterocycles. The van der Waals surface area contributed by atoms with E-state index in [9.17, 15) is 14.3 Å². The monoisotopic (exact) mass is 452 g/mol. The van der Waals surface area contributed by atoms with E-state index < -0.39 is 29.1 Å². The second-order valence-corrected chi connectivity index (χ2v) is 8.11. The van der Waals surface area contributed by atoms with Crippen LogP contribution in [0.2, 0.25) is 0 Å². The van der Waals surface area contributed by atoms with Gasteiger partial charge in [-0.1, -0.05) is 11.2 Å². The number of azide groups is 1. The fourth-order valence-corrected chi connectivity index (χ4v) is 5.16. The maximum Gasteiger partial charge on any atom is 0.231 e. The molecule has 0 saturated carbocycles. The second-order valence-electron chi connectivity index (χ2n) is 8.11. The molecule has 3 atom stereocenters. The van der Waals surface area contributed by atoms with Crippen LogP contribution in [0, 0.1) is 5.82 Å². The number of fused-ring (bicyclic) bond motifs is 6. The minimum Gasteiger partial charge on any atom is -0.496 e. The molecule has 3 aromatic rings. The molecule has 9 nitrogen and oxygen atoms in total. The molecule has 1 aromatic heterocycles. The highest BCUT2D eigenvalue weighted by molar-refractivity contribution is 5.86. The summed E-state index contributed by atoms with van der Waals surface area (Å²) in [5.41, 5.74) is 8.61. The van der Waals surface area contributed by atoms with Crippen molar-refractivity contribution in [3.8, 4) is 11.5 Å². The van der Waals surface area contributed by atoms with Gasteiger partial charge in [-0.25, -0.2) is 4.39 Å². The van der Waals surface area contributed by atoms with Crippen molar-refractivity contribution >= 4 is 10.9 Å². The standard InChI is InChI=1S/C23H21FN4O5/c1-31-16-6-3-11(24)9-13(16)23(30)12-4-5-14-20(19(12)17-7-8-18(23)33-17)21(29)22(32-2)15(27-14)10-26-28-25/h3-6,9,17-18,30H,7-8,10H2,1-2H3,(H,27,29)/t17-,18+,23-/m0/s1. The summed E-state index contributed by atoms with van der Waals surface area (Å²) >= 11 is 0. The Morgan fingerprint density at radius 1 is 1.27 bits per heavy atom. The van der Waals surface area contributed by atoms with E-state index in [1.807, 2.05) is 0 Å². The van der Waals surface area contributed by atoms with Crippen molar-refractivity contribution in [2.24, 2.45) is 5.11 Å². The summed E-state index contributed by atoms with van der Waals surface area (Å²) in [5.74, 6) is -0.186. The maximum atomic E-state index is 14.3. The summed E-state index contributed by atoms with van der Waals surface area (Å²) in [6.07, 6.45) is 0.0515. The van der Waals surface area contributed by atoms with Crippen molar-refractivity contribution in [2.75, 3.05) is 14.2 Å². The van der Waals surface area contributed by atoms with E-state index in [1.54, 1.807) is 12.1 Å². The zero-order valence-electron chi connectivity index (χ0n) is 18.0. The molecule has 33 heavy (non-hydrogen) atoms. The van der Waals surface area contributed by atoms with Crippen LogP contribution < -0.4 is 14.9 Å². The lowest BCUT2D eigenvalue weighted by molar-refractivity contribution is -0.102. The molecule has 5 rings (SSSR count). The van der Waals surface area contributed by atoms with Crippen LogP contribution in [0.4, 0.5) is 4.39 Å². The van der Waals surface area contributed by atoms with Crippen molar-refractivity contribution in [2.45, 2.75) is 37.2 Å². The number of benzene rings is 2. The number of methoxy groups -OCH3 is 2. The van der Waals surface area contributed by atoms with Gasteiger partial charge in [-0.2, -0.15) is 0 Å². The highest BCUT2D eigenvalue weighted by Crippen LogP contribution is 2.54. The van der Waals surface area contributed by atoms with Crippen LogP contribution in [0.5, 0.6) is 11.5 Å². The number of aromatic amines is 1. The summed E-state index contributed by atoms with van der Waals surface area (Å²) in [7, 11) is 2.81. The highest BCUT2D eigenvalue weighted by Gasteiger charge is 2.53. The van der Waals surface area contributed by atoms with Gasteiger partial charge in [-0.3, -0.25) is 4.79 Å². The predicted octanol–water partition coefficient (Wildman–Crippen LogP) is 3.96. The number of rotatable bonds is 5. The Bertz CT molecular complexity index is 1380. The van der Waals surface area contributed by atoms with Gasteiger partial charge in [-0.05, 0) is 48.2 Å². The number of ether oxygens (including phenoxy) is 3. The summed E-state index contributed by atoms with van der Waals surface area (Å²) in [6.45, 7) is -0.0889. The summed E-state index contributed by atoms with van der Waals surface area (Å²) in [4.78, 5) is 19.4. The van der Waals surface area contributed by atoms with E-state index in [-0.39, 0.29) is 17.9 Å². The number of aromatic nitrogens is 1. The molecule has 2 aliphatic heterocycles. The number of aliphatic hydroxyl groups is 1. The molecule has 10 heteroatoms. The average molecular weight is 452 g/mol. The number of hydrogen-bond acceptors (Lipinski definition) is 6. The van der Waals surface area contributed by atoms with Crippen LogP contribution in [-0.2, 0) is 16.9 Å². The third kappa shape index (κ3) is 2.99. The normalized spacial score (nSPS) is 23.2. The molecule has 2 aliphatic rings. The molecule has 0 radical (unpaired) electrons. The predicted molar refractivity (Wildman–Crippen MR) is 117 cm³/mol. The van der Waals surface area contributed by atoms with Gasteiger partial charge < -0.3 is 24.3 Å². The molecule has 2 bridgehead atoms. The van der Waals surface area contributed by atoms with E-state index in [4.69, 9.17) is 19.7 Å². The molecule has 1 saturated heterocycles. The van der Waals surface area contributed by atoms with E-state index >= 15 is 0 Å². The van der Waals surface area contributed by atoms with Crippen molar-refractivity contribution in [1.29, 1.82) is 0 Å². The van der Waals surface area contributed by atoms with Crippen LogP contribution in [0.1, 0.15) is 41.3 Å². The largest absolute Gasteiger partial charge is 0.496 e. The lowest BCUT2D eigenvalue weighted by atomic mass is 9.77.